The normalized spacial score (nSPS) is 15.5. The lowest BCUT2D eigenvalue weighted by Crippen LogP contribution is -2.36. The van der Waals surface area contributed by atoms with Crippen LogP contribution in [-0.4, -0.2) is 22.2 Å². The Kier molecular flexibility index (Phi) is 7.86. The van der Waals surface area contributed by atoms with Crippen molar-refractivity contribution in [3.63, 3.8) is 0 Å². The molecule has 0 aliphatic carbocycles. The molecule has 1 N–H and O–H groups in total. The van der Waals surface area contributed by atoms with Gasteiger partial charge in [0.15, 0.2) is 0 Å². The average molecular weight is 363 g/mol. The first-order valence-corrected chi connectivity index (χ1v) is 11.2. The Morgan fingerprint density at radius 2 is 1.68 bits per heavy atom. The van der Waals surface area contributed by atoms with Crippen molar-refractivity contribution in [2.75, 3.05) is 13.2 Å². The van der Waals surface area contributed by atoms with Gasteiger partial charge in [0.25, 0.3) is 0 Å². The molecule has 0 aromatic heterocycles. The molecule has 1 rings (SSSR count). The molecular weight excluding hydrogens is 337 g/mol. The van der Waals surface area contributed by atoms with Crippen LogP contribution in [-0.2, 0) is 31.8 Å². The molecule has 0 saturated carbocycles. The lowest BCUT2D eigenvalue weighted by atomic mass is 10.2. The van der Waals surface area contributed by atoms with E-state index in [-0.39, 0.29) is 0 Å². The van der Waals surface area contributed by atoms with Crippen LogP contribution in [0.3, 0.4) is 0 Å². The van der Waals surface area contributed by atoms with E-state index in [9.17, 15) is 4.21 Å². The molecule has 0 aliphatic rings. The van der Waals surface area contributed by atoms with E-state index in [0.29, 0.717) is 13.2 Å². The monoisotopic (exact) mass is 363 g/mol. The molecule has 0 aliphatic heterocycles. The van der Waals surface area contributed by atoms with Gasteiger partial charge in [-0.1, -0.05) is 30.3 Å². The highest BCUT2D eigenvalue weighted by Gasteiger charge is 2.35. The van der Waals surface area contributed by atoms with E-state index in [2.05, 4.69) is 4.72 Å². The molecule has 7 heteroatoms. The predicted octanol–water partition coefficient (Wildman–Crippen LogP) is 4.12. The minimum Gasteiger partial charge on any atom is -0.328 e. The highest BCUT2D eigenvalue weighted by Crippen LogP contribution is 2.60. The van der Waals surface area contributed by atoms with Crippen LogP contribution in [0.25, 0.3) is 0 Å². The van der Waals surface area contributed by atoms with Crippen molar-refractivity contribution in [1.29, 1.82) is 0 Å². The summed E-state index contributed by atoms with van der Waals surface area (Å²) in [5.74, 6) is -0.399. The van der Waals surface area contributed by atoms with Gasteiger partial charge in [-0.25, -0.2) is 8.93 Å². The molecule has 4 nitrogen and oxygen atoms in total. The Morgan fingerprint density at radius 1 is 1.18 bits per heavy atom. The number of rotatable bonds is 8. The van der Waals surface area contributed by atoms with Gasteiger partial charge in [-0.05, 0) is 52.0 Å². The fourth-order valence-electron chi connectivity index (χ4n) is 1.77. The Morgan fingerprint density at radius 3 is 2.09 bits per heavy atom. The molecular formula is C15H26NO3PS2. The minimum atomic E-state index is -2.65. The first-order chi connectivity index (χ1) is 10.2. The van der Waals surface area contributed by atoms with E-state index in [4.69, 9.17) is 20.9 Å². The largest absolute Gasteiger partial charge is 0.328 e. The van der Waals surface area contributed by atoms with Gasteiger partial charge in [0.2, 0.25) is 6.49 Å². The third-order valence-corrected chi connectivity index (χ3v) is 8.12. The van der Waals surface area contributed by atoms with Gasteiger partial charge in [-0.2, -0.15) is 0 Å². The van der Waals surface area contributed by atoms with Crippen LogP contribution in [0.4, 0.5) is 0 Å². The summed E-state index contributed by atoms with van der Waals surface area (Å²) < 4.78 is 26.9. The number of hydrogen-bond acceptors (Lipinski definition) is 4. The third-order valence-electron chi connectivity index (χ3n) is 2.82. The summed E-state index contributed by atoms with van der Waals surface area (Å²) in [6.45, 7) is 7.82. The van der Waals surface area contributed by atoms with Gasteiger partial charge in [0, 0.05) is 0 Å². The molecule has 2 atom stereocenters. The molecule has 1 aromatic rings. The third kappa shape index (κ3) is 5.52. The minimum absolute atomic E-state index is 0.397. The standard InChI is InChI=1S/C15H26NO3PS2/c1-6-18-20(21,19-7-2)14(13-11-9-8-10-12-13)16-22(17)15(3,4)5/h8-12,14,16H,6-7H2,1-5H3/t14-,22?/m1/s1. The van der Waals surface area contributed by atoms with Crippen LogP contribution in [0, 0.1) is 0 Å². The lowest BCUT2D eigenvalue weighted by Gasteiger charge is -2.32. The van der Waals surface area contributed by atoms with Gasteiger partial charge in [0.05, 0.1) is 28.9 Å². The molecule has 1 unspecified atom stereocenters. The SMILES string of the molecule is CCOP(=S)(OCC)[C@@H](NS(=O)C(C)(C)C)c1ccccc1. The maximum atomic E-state index is 12.6. The maximum absolute atomic E-state index is 12.6. The molecule has 0 bridgehead atoms. The summed E-state index contributed by atoms with van der Waals surface area (Å²) >= 11 is 5.71. The van der Waals surface area contributed by atoms with E-state index in [0.717, 1.165) is 5.56 Å². The zero-order valence-electron chi connectivity index (χ0n) is 13.9. The summed E-state index contributed by atoms with van der Waals surface area (Å²) in [6.07, 6.45) is 0. The maximum Gasteiger partial charge on any atom is 0.211 e. The van der Waals surface area contributed by atoms with Gasteiger partial charge in [-0.15, -0.1) is 0 Å². The van der Waals surface area contributed by atoms with Crippen LogP contribution in [0.5, 0.6) is 0 Å². The fourth-order valence-corrected chi connectivity index (χ4v) is 6.29. The van der Waals surface area contributed by atoms with Crippen LogP contribution in [0.1, 0.15) is 46.0 Å². The molecule has 126 valence electrons. The van der Waals surface area contributed by atoms with Crippen molar-refractivity contribution in [1.82, 2.24) is 4.72 Å². The summed E-state index contributed by atoms with van der Waals surface area (Å²) in [5.41, 5.74) is 0.935. The van der Waals surface area contributed by atoms with Crippen molar-refractivity contribution in [3.8, 4) is 0 Å². The molecule has 0 spiro atoms. The highest BCUT2D eigenvalue weighted by molar-refractivity contribution is 8.10. The van der Waals surface area contributed by atoms with Gasteiger partial charge in [0.1, 0.15) is 5.78 Å². The van der Waals surface area contributed by atoms with E-state index in [1.807, 2.05) is 65.0 Å². The zero-order chi connectivity index (χ0) is 16.8. The Balaban J connectivity index is 3.21. The van der Waals surface area contributed by atoms with Crippen molar-refractivity contribution >= 4 is 29.3 Å². The lowest BCUT2D eigenvalue weighted by molar-refractivity contribution is 0.258. The van der Waals surface area contributed by atoms with Crippen LogP contribution in [0.2, 0.25) is 0 Å². The molecule has 0 amide bonds. The topological polar surface area (TPSA) is 47.6 Å². The first kappa shape index (κ1) is 19.9. The second-order valence-electron chi connectivity index (χ2n) is 5.69. The quantitative estimate of drug-likeness (QED) is 0.706. The van der Waals surface area contributed by atoms with Gasteiger partial charge < -0.3 is 9.05 Å². The van der Waals surface area contributed by atoms with E-state index >= 15 is 0 Å². The van der Waals surface area contributed by atoms with Crippen LogP contribution in [0.15, 0.2) is 30.3 Å². The predicted molar refractivity (Wildman–Crippen MR) is 97.8 cm³/mol. The molecule has 22 heavy (non-hydrogen) atoms. The summed E-state index contributed by atoms with van der Waals surface area (Å²) in [6, 6.07) is 9.71. The number of nitrogens with one attached hydrogen (secondary N) is 1. The molecule has 0 radical (unpaired) electrons. The van der Waals surface area contributed by atoms with Crippen LogP contribution >= 0.6 is 6.49 Å². The van der Waals surface area contributed by atoms with Crippen molar-refractivity contribution in [3.05, 3.63) is 35.9 Å². The Labute approximate surface area is 141 Å². The highest BCUT2D eigenvalue weighted by atomic mass is 32.5. The summed E-state index contributed by atoms with van der Waals surface area (Å²) in [4.78, 5) is 0. The van der Waals surface area contributed by atoms with Gasteiger partial charge in [-0.3, -0.25) is 0 Å². The van der Waals surface area contributed by atoms with Crippen molar-refractivity contribution in [2.45, 2.75) is 45.1 Å². The molecule has 0 heterocycles. The molecule has 1 aromatic carbocycles. The first-order valence-electron chi connectivity index (χ1n) is 7.36. The van der Waals surface area contributed by atoms with Gasteiger partial charge >= 0.3 is 0 Å². The second kappa shape index (κ2) is 8.67. The van der Waals surface area contributed by atoms with Crippen LogP contribution < -0.4 is 4.72 Å². The number of benzene rings is 1. The zero-order valence-corrected chi connectivity index (χ0v) is 16.4. The second-order valence-corrected chi connectivity index (χ2v) is 11.3. The van der Waals surface area contributed by atoms with E-state index < -0.39 is 28.0 Å². The van der Waals surface area contributed by atoms with Crippen molar-refractivity contribution in [2.24, 2.45) is 0 Å². The Bertz CT molecular complexity index is 521. The van der Waals surface area contributed by atoms with E-state index in [1.54, 1.807) is 0 Å². The molecule has 0 saturated heterocycles. The summed E-state index contributed by atoms with van der Waals surface area (Å²) in [5, 5.41) is 0. The average Bonchev–Trinajstić information content (AvgIpc) is 2.44. The smallest absolute Gasteiger partial charge is 0.211 e. The molecule has 0 fully saturated rings. The number of hydrogen-bond donors (Lipinski definition) is 1. The Hall–Kier alpha value is -0.100. The van der Waals surface area contributed by atoms with Crippen molar-refractivity contribution < 1.29 is 13.3 Å². The summed E-state index contributed by atoms with van der Waals surface area (Å²) in [7, 11) is -1.27. The van der Waals surface area contributed by atoms with E-state index in [1.165, 1.54) is 0 Å². The fraction of sp³-hybridized carbons (Fsp3) is 0.600.